The van der Waals surface area contributed by atoms with Gasteiger partial charge in [0.1, 0.15) is 0 Å². The summed E-state index contributed by atoms with van der Waals surface area (Å²) in [5.41, 5.74) is 10.9. The van der Waals surface area contributed by atoms with E-state index in [4.69, 9.17) is 5.73 Å². The second-order valence-electron chi connectivity index (χ2n) is 3.71. The third-order valence-electron chi connectivity index (χ3n) is 2.65. The maximum absolute atomic E-state index is 5.48. The minimum atomic E-state index is 0.724. The van der Waals surface area contributed by atoms with Crippen molar-refractivity contribution >= 4 is 5.57 Å². The normalized spacial score (nSPS) is 11.9. The molecule has 1 heteroatoms. The Morgan fingerprint density at radius 1 is 1.36 bits per heavy atom. The highest BCUT2D eigenvalue weighted by Gasteiger charge is 2.01. The minimum Gasteiger partial charge on any atom is -0.330 e. The first-order valence-corrected chi connectivity index (χ1v) is 5.10. The largest absolute Gasteiger partial charge is 0.330 e. The molecule has 0 aliphatic carbocycles. The lowest BCUT2D eigenvalue weighted by Crippen LogP contribution is -1.96. The van der Waals surface area contributed by atoms with Crippen LogP contribution in [0.15, 0.2) is 24.3 Å². The number of hydrogen-bond donors (Lipinski definition) is 1. The Labute approximate surface area is 86.6 Å². The standard InChI is InChI=1S/C13H19N/c1-10-6-4-8-13(12(10)3)11(2)7-5-9-14/h4,6-8H,5,9,14H2,1-3H3. The number of rotatable bonds is 3. The number of hydrogen-bond acceptors (Lipinski definition) is 1. The summed E-state index contributed by atoms with van der Waals surface area (Å²) in [4.78, 5) is 0. The Morgan fingerprint density at radius 2 is 2.07 bits per heavy atom. The van der Waals surface area contributed by atoms with E-state index >= 15 is 0 Å². The molecule has 0 atom stereocenters. The average molecular weight is 189 g/mol. The molecule has 0 saturated carbocycles. The van der Waals surface area contributed by atoms with Crippen LogP contribution in [0.2, 0.25) is 0 Å². The van der Waals surface area contributed by atoms with E-state index < -0.39 is 0 Å². The molecule has 0 unspecified atom stereocenters. The zero-order valence-electron chi connectivity index (χ0n) is 9.30. The molecule has 0 spiro atoms. The minimum absolute atomic E-state index is 0.724. The molecule has 0 aliphatic heterocycles. The van der Waals surface area contributed by atoms with E-state index in [0.29, 0.717) is 0 Å². The molecule has 0 saturated heterocycles. The highest BCUT2D eigenvalue weighted by molar-refractivity contribution is 5.67. The molecule has 76 valence electrons. The first kappa shape index (κ1) is 11.0. The van der Waals surface area contributed by atoms with Crippen molar-refractivity contribution in [3.05, 3.63) is 41.0 Å². The van der Waals surface area contributed by atoms with Gasteiger partial charge in [-0.3, -0.25) is 0 Å². The summed E-state index contributed by atoms with van der Waals surface area (Å²) < 4.78 is 0. The van der Waals surface area contributed by atoms with Gasteiger partial charge in [-0.1, -0.05) is 24.3 Å². The Kier molecular flexibility index (Phi) is 3.90. The van der Waals surface area contributed by atoms with Crippen LogP contribution >= 0.6 is 0 Å². The topological polar surface area (TPSA) is 26.0 Å². The van der Waals surface area contributed by atoms with E-state index in [2.05, 4.69) is 45.0 Å². The molecule has 14 heavy (non-hydrogen) atoms. The molecule has 1 aromatic rings. The van der Waals surface area contributed by atoms with Crippen LogP contribution in [0.5, 0.6) is 0 Å². The zero-order chi connectivity index (χ0) is 10.6. The SMILES string of the molecule is CC(=CCCN)c1cccc(C)c1C. The molecule has 0 aromatic heterocycles. The van der Waals surface area contributed by atoms with Crippen LogP contribution in [0.3, 0.4) is 0 Å². The fourth-order valence-electron chi connectivity index (χ4n) is 1.59. The number of allylic oxidation sites excluding steroid dienone is 1. The summed E-state index contributed by atoms with van der Waals surface area (Å²) in [5.74, 6) is 0. The summed E-state index contributed by atoms with van der Waals surface area (Å²) in [6.07, 6.45) is 3.17. The molecular formula is C13H19N. The smallest absolute Gasteiger partial charge is 0.00424 e. The van der Waals surface area contributed by atoms with Crippen LogP contribution in [0.4, 0.5) is 0 Å². The fourth-order valence-corrected chi connectivity index (χ4v) is 1.59. The number of aryl methyl sites for hydroxylation is 1. The van der Waals surface area contributed by atoms with Crippen molar-refractivity contribution in [1.82, 2.24) is 0 Å². The van der Waals surface area contributed by atoms with Crippen LogP contribution in [0, 0.1) is 13.8 Å². The molecule has 0 radical (unpaired) electrons. The van der Waals surface area contributed by atoms with Gasteiger partial charge in [-0.15, -0.1) is 0 Å². The second-order valence-corrected chi connectivity index (χ2v) is 3.71. The van der Waals surface area contributed by atoms with Gasteiger partial charge in [0.15, 0.2) is 0 Å². The van der Waals surface area contributed by atoms with Gasteiger partial charge in [0, 0.05) is 0 Å². The van der Waals surface area contributed by atoms with Gasteiger partial charge in [0.2, 0.25) is 0 Å². The predicted molar refractivity (Wildman–Crippen MR) is 63.2 cm³/mol. The molecular weight excluding hydrogens is 170 g/mol. The summed E-state index contributed by atoms with van der Waals surface area (Å²) in [7, 11) is 0. The van der Waals surface area contributed by atoms with E-state index in [9.17, 15) is 0 Å². The van der Waals surface area contributed by atoms with Crippen molar-refractivity contribution in [2.24, 2.45) is 5.73 Å². The lowest BCUT2D eigenvalue weighted by molar-refractivity contribution is 1.01. The number of benzene rings is 1. The van der Waals surface area contributed by atoms with Crippen molar-refractivity contribution in [2.75, 3.05) is 6.54 Å². The van der Waals surface area contributed by atoms with Crippen LogP contribution < -0.4 is 5.73 Å². The lowest BCUT2D eigenvalue weighted by Gasteiger charge is -2.08. The Morgan fingerprint density at radius 3 is 2.71 bits per heavy atom. The van der Waals surface area contributed by atoms with Crippen LogP contribution in [-0.4, -0.2) is 6.54 Å². The molecule has 2 N–H and O–H groups in total. The van der Waals surface area contributed by atoms with E-state index in [-0.39, 0.29) is 0 Å². The van der Waals surface area contributed by atoms with E-state index in [1.54, 1.807) is 0 Å². The zero-order valence-corrected chi connectivity index (χ0v) is 9.30. The van der Waals surface area contributed by atoms with Gasteiger partial charge in [-0.2, -0.15) is 0 Å². The molecule has 0 bridgehead atoms. The molecule has 0 heterocycles. The first-order valence-electron chi connectivity index (χ1n) is 5.10. The second kappa shape index (κ2) is 4.97. The third-order valence-corrected chi connectivity index (χ3v) is 2.65. The highest BCUT2D eigenvalue weighted by atomic mass is 14.5. The summed E-state index contributed by atoms with van der Waals surface area (Å²) in [5, 5.41) is 0. The average Bonchev–Trinajstić information content (AvgIpc) is 2.18. The first-order chi connectivity index (χ1) is 6.66. The highest BCUT2D eigenvalue weighted by Crippen LogP contribution is 2.21. The molecule has 0 amide bonds. The molecule has 0 fully saturated rings. The van der Waals surface area contributed by atoms with Crippen molar-refractivity contribution in [1.29, 1.82) is 0 Å². The van der Waals surface area contributed by atoms with Crippen molar-refractivity contribution in [3.63, 3.8) is 0 Å². The van der Waals surface area contributed by atoms with E-state index in [1.165, 1.54) is 22.3 Å². The Hall–Kier alpha value is -1.08. The van der Waals surface area contributed by atoms with Crippen LogP contribution in [0.25, 0.3) is 5.57 Å². The van der Waals surface area contributed by atoms with Gasteiger partial charge in [-0.05, 0) is 56.0 Å². The molecule has 1 rings (SSSR count). The van der Waals surface area contributed by atoms with Gasteiger partial charge < -0.3 is 5.73 Å². The van der Waals surface area contributed by atoms with Crippen molar-refractivity contribution < 1.29 is 0 Å². The Bertz CT molecular complexity index is 337. The summed E-state index contributed by atoms with van der Waals surface area (Å²) >= 11 is 0. The van der Waals surface area contributed by atoms with Crippen LogP contribution in [0.1, 0.15) is 30.0 Å². The Balaban J connectivity index is 3.01. The maximum atomic E-state index is 5.48. The monoisotopic (exact) mass is 189 g/mol. The van der Waals surface area contributed by atoms with Gasteiger partial charge in [0.05, 0.1) is 0 Å². The van der Waals surface area contributed by atoms with Gasteiger partial charge in [-0.25, -0.2) is 0 Å². The quantitative estimate of drug-likeness (QED) is 0.777. The summed E-state index contributed by atoms with van der Waals surface area (Å²) in [6.45, 7) is 7.19. The summed E-state index contributed by atoms with van der Waals surface area (Å²) in [6, 6.07) is 6.43. The molecule has 0 aliphatic rings. The lowest BCUT2D eigenvalue weighted by atomic mass is 9.97. The van der Waals surface area contributed by atoms with Gasteiger partial charge >= 0.3 is 0 Å². The van der Waals surface area contributed by atoms with E-state index in [0.717, 1.165) is 13.0 Å². The van der Waals surface area contributed by atoms with Crippen LogP contribution in [-0.2, 0) is 0 Å². The number of nitrogens with two attached hydrogens (primary N) is 1. The van der Waals surface area contributed by atoms with Crippen molar-refractivity contribution in [3.8, 4) is 0 Å². The van der Waals surface area contributed by atoms with Gasteiger partial charge in [0.25, 0.3) is 0 Å². The molecule has 1 nitrogen and oxygen atoms in total. The fraction of sp³-hybridized carbons (Fsp3) is 0.385. The van der Waals surface area contributed by atoms with Crippen molar-refractivity contribution in [2.45, 2.75) is 27.2 Å². The molecule has 1 aromatic carbocycles. The third kappa shape index (κ3) is 2.46. The predicted octanol–water partition coefficient (Wildman–Crippen LogP) is 3.06. The van der Waals surface area contributed by atoms with E-state index in [1.807, 2.05) is 0 Å². The maximum Gasteiger partial charge on any atom is -0.00424 e.